The Kier molecular flexibility index (Phi) is 4.37. The van der Waals surface area contributed by atoms with Gasteiger partial charge < -0.3 is 0 Å². The molecule has 0 fully saturated rings. The van der Waals surface area contributed by atoms with Crippen molar-refractivity contribution in [1.82, 2.24) is 0 Å². The molecule has 0 N–H and O–H groups in total. The number of hydrogen-bond donors (Lipinski definition) is 0. The molecule has 0 heterocycles. The second-order valence-electron chi connectivity index (χ2n) is 3.52. The molecule has 14 heavy (non-hydrogen) atoms. The van der Waals surface area contributed by atoms with Crippen LogP contribution in [-0.2, 0) is 6.42 Å². The van der Waals surface area contributed by atoms with Crippen LogP contribution in [0, 0.1) is 0 Å². The van der Waals surface area contributed by atoms with E-state index in [-0.39, 0.29) is 0 Å². The first-order chi connectivity index (χ1) is 6.77. The van der Waals surface area contributed by atoms with Gasteiger partial charge in [-0.15, -0.1) is 0 Å². The zero-order valence-electron chi connectivity index (χ0n) is 9.38. The standard InChI is InChI=1S/C13H19N/c1-4-10-14-11(3)13-8-6-12(5-2)7-9-13/h6-9H,4-5,10H2,1-3H3. The van der Waals surface area contributed by atoms with Crippen LogP contribution in [0.25, 0.3) is 0 Å². The molecule has 0 saturated heterocycles. The highest BCUT2D eigenvalue weighted by molar-refractivity contribution is 5.98. The van der Waals surface area contributed by atoms with Gasteiger partial charge in [-0.1, -0.05) is 38.1 Å². The SMILES string of the molecule is CCCN=C(C)c1ccc(CC)cc1. The van der Waals surface area contributed by atoms with Gasteiger partial charge in [0.15, 0.2) is 0 Å². The molecule has 0 bridgehead atoms. The van der Waals surface area contributed by atoms with Crippen LogP contribution in [0.3, 0.4) is 0 Å². The van der Waals surface area contributed by atoms with Crippen molar-refractivity contribution in [3.63, 3.8) is 0 Å². The number of nitrogens with zero attached hydrogens (tertiary/aromatic N) is 1. The molecule has 0 saturated carbocycles. The van der Waals surface area contributed by atoms with E-state index in [2.05, 4.69) is 50.0 Å². The summed E-state index contributed by atoms with van der Waals surface area (Å²) >= 11 is 0. The van der Waals surface area contributed by atoms with Crippen LogP contribution in [0.15, 0.2) is 29.3 Å². The Labute approximate surface area is 86.9 Å². The van der Waals surface area contributed by atoms with Gasteiger partial charge in [0.05, 0.1) is 0 Å². The summed E-state index contributed by atoms with van der Waals surface area (Å²) in [6, 6.07) is 8.68. The van der Waals surface area contributed by atoms with Crippen LogP contribution >= 0.6 is 0 Å². The van der Waals surface area contributed by atoms with Gasteiger partial charge in [-0.25, -0.2) is 0 Å². The second-order valence-corrected chi connectivity index (χ2v) is 3.52. The van der Waals surface area contributed by atoms with Crippen molar-refractivity contribution >= 4 is 5.71 Å². The third-order valence-corrected chi connectivity index (χ3v) is 2.35. The predicted molar refractivity (Wildman–Crippen MR) is 63.2 cm³/mol. The highest BCUT2D eigenvalue weighted by Crippen LogP contribution is 2.06. The predicted octanol–water partition coefficient (Wildman–Crippen LogP) is 3.47. The minimum atomic E-state index is 0.932. The van der Waals surface area contributed by atoms with Crippen LogP contribution in [0.1, 0.15) is 38.3 Å². The summed E-state index contributed by atoms with van der Waals surface area (Å²) in [5, 5.41) is 0. The Morgan fingerprint density at radius 2 is 1.79 bits per heavy atom. The highest BCUT2D eigenvalue weighted by atomic mass is 14.7. The molecule has 0 aliphatic carbocycles. The third kappa shape index (κ3) is 2.99. The minimum Gasteiger partial charge on any atom is -0.289 e. The first kappa shape index (κ1) is 11.0. The number of aryl methyl sites for hydroxylation is 1. The lowest BCUT2D eigenvalue weighted by Crippen LogP contribution is -1.96. The lowest BCUT2D eigenvalue weighted by atomic mass is 10.1. The Balaban J connectivity index is 2.76. The molecule has 0 unspecified atom stereocenters. The van der Waals surface area contributed by atoms with Crippen molar-refractivity contribution in [2.75, 3.05) is 6.54 Å². The van der Waals surface area contributed by atoms with Crippen molar-refractivity contribution in [2.24, 2.45) is 4.99 Å². The van der Waals surface area contributed by atoms with Crippen molar-refractivity contribution in [3.05, 3.63) is 35.4 Å². The van der Waals surface area contributed by atoms with E-state index < -0.39 is 0 Å². The second kappa shape index (κ2) is 5.58. The molecule has 1 aromatic rings. The summed E-state index contributed by atoms with van der Waals surface area (Å²) < 4.78 is 0. The van der Waals surface area contributed by atoms with Gasteiger partial charge in [0.2, 0.25) is 0 Å². The zero-order chi connectivity index (χ0) is 10.4. The lowest BCUT2D eigenvalue weighted by Gasteiger charge is -2.02. The van der Waals surface area contributed by atoms with Gasteiger partial charge in [0, 0.05) is 12.3 Å². The first-order valence-electron chi connectivity index (χ1n) is 5.38. The summed E-state index contributed by atoms with van der Waals surface area (Å²) in [5.41, 5.74) is 3.78. The van der Waals surface area contributed by atoms with Crippen molar-refractivity contribution < 1.29 is 0 Å². The average Bonchev–Trinajstić information content (AvgIpc) is 2.26. The Morgan fingerprint density at radius 3 is 2.29 bits per heavy atom. The molecule has 0 amide bonds. The van der Waals surface area contributed by atoms with Crippen LogP contribution in [0.2, 0.25) is 0 Å². The fourth-order valence-corrected chi connectivity index (χ4v) is 1.35. The topological polar surface area (TPSA) is 12.4 Å². The Hall–Kier alpha value is -1.11. The molecular weight excluding hydrogens is 170 g/mol. The minimum absolute atomic E-state index is 0.932. The highest BCUT2D eigenvalue weighted by Gasteiger charge is 1.96. The van der Waals surface area contributed by atoms with E-state index >= 15 is 0 Å². The average molecular weight is 189 g/mol. The molecule has 76 valence electrons. The number of hydrogen-bond acceptors (Lipinski definition) is 1. The molecule has 1 heteroatoms. The van der Waals surface area contributed by atoms with Gasteiger partial charge in [-0.05, 0) is 30.9 Å². The van der Waals surface area contributed by atoms with Gasteiger partial charge in [-0.2, -0.15) is 0 Å². The molecule has 0 radical (unpaired) electrons. The molecule has 0 spiro atoms. The summed E-state index contributed by atoms with van der Waals surface area (Å²) in [6.45, 7) is 7.34. The normalized spacial score (nSPS) is 11.8. The molecule has 1 aromatic carbocycles. The quantitative estimate of drug-likeness (QED) is 0.643. The molecule has 0 aliphatic heterocycles. The van der Waals surface area contributed by atoms with Crippen LogP contribution in [0.5, 0.6) is 0 Å². The van der Waals surface area contributed by atoms with Gasteiger partial charge >= 0.3 is 0 Å². The van der Waals surface area contributed by atoms with E-state index in [4.69, 9.17) is 0 Å². The molecule has 0 aromatic heterocycles. The Bertz CT molecular complexity index is 296. The van der Waals surface area contributed by atoms with Crippen LogP contribution in [0.4, 0.5) is 0 Å². The van der Waals surface area contributed by atoms with Crippen LogP contribution < -0.4 is 0 Å². The molecule has 0 aliphatic rings. The van der Waals surface area contributed by atoms with E-state index in [1.54, 1.807) is 0 Å². The number of benzene rings is 1. The maximum absolute atomic E-state index is 4.49. The van der Waals surface area contributed by atoms with Gasteiger partial charge in [0.25, 0.3) is 0 Å². The van der Waals surface area contributed by atoms with E-state index in [9.17, 15) is 0 Å². The van der Waals surface area contributed by atoms with E-state index in [0.717, 1.165) is 25.1 Å². The van der Waals surface area contributed by atoms with E-state index in [0.29, 0.717) is 0 Å². The maximum atomic E-state index is 4.49. The maximum Gasteiger partial charge on any atom is 0.0390 e. The molecule has 0 atom stereocenters. The van der Waals surface area contributed by atoms with E-state index in [1.165, 1.54) is 11.1 Å². The van der Waals surface area contributed by atoms with Crippen molar-refractivity contribution in [3.8, 4) is 0 Å². The number of rotatable bonds is 4. The zero-order valence-corrected chi connectivity index (χ0v) is 9.38. The van der Waals surface area contributed by atoms with Gasteiger partial charge in [0.1, 0.15) is 0 Å². The monoisotopic (exact) mass is 189 g/mol. The first-order valence-corrected chi connectivity index (χ1v) is 5.38. The molecule has 1 rings (SSSR count). The molecular formula is C13H19N. The van der Waals surface area contributed by atoms with Crippen molar-refractivity contribution in [1.29, 1.82) is 0 Å². The summed E-state index contributed by atoms with van der Waals surface area (Å²) in [6.07, 6.45) is 2.22. The summed E-state index contributed by atoms with van der Waals surface area (Å²) in [4.78, 5) is 4.49. The largest absolute Gasteiger partial charge is 0.289 e. The molecule has 1 nitrogen and oxygen atoms in total. The fraction of sp³-hybridized carbons (Fsp3) is 0.462. The van der Waals surface area contributed by atoms with E-state index in [1.807, 2.05) is 0 Å². The van der Waals surface area contributed by atoms with Crippen LogP contribution in [-0.4, -0.2) is 12.3 Å². The fourth-order valence-electron chi connectivity index (χ4n) is 1.35. The third-order valence-electron chi connectivity index (χ3n) is 2.35. The van der Waals surface area contributed by atoms with Gasteiger partial charge in [-0.3, -0.25) is 4.99 Å². The lowest BCUT2D eigenvalue weighted by molar-refractivity contribution is 0.931. The van der Waals surface area contributed by atoms with Crippen molar-refractivity contribution in [2.45, 2.75) is 33.6 Å². The Morgan fingerprint density at radius 1 is 1.14 bits per heavy atom. The number of aliphatic imine (C=N–C) groups is 1. The summed E-state index contributed by atoms with van der Waals surface area (Å²) in [5.74, 6) is 0. The summed E-state index contributed by atoms with van der Waals surface area (Å²) in [7, 11) is 0. The smallest absolute Gasteiger partial charge is 0.0390 e.